The number of thiophene rings is 1. The van der Waals surface area contributed by atoms with E-state index in [-0.39, 0.29) is 11.9 Å². The van der Waals surface area contributed by atoms with Crippen molar-refractivity contribution >= 4 is 28.8 Å². The molecule has 0 saturated carbocycles. The van der Waals surface area contributed by atoms with Crippen LogP contribution in [0.3, 0.4) is 0 Å². The summed E-state index contributed by atoms with van der Waals surface area (Å²) in [5.41, 5.74) is 2.55. The number of aryl methyl sites for hydroxylation is 2. The van der Waals surface area contributed by atoms with Crippen molar-refractivity contribution in [3.63, 3.8) is 0 Å². The second-order valence-electron chi connectivity index (χ2n) is 5.43. The monoisotopic (exact) mass is 319 g/mol. The summed E-state index contributed by atoms with van der Waals surface area (Å²) in [6.07, 6.45) is 4.22. The molecule has 0 spiro atoms. The van der Waals surface area contributed by atoms with Gasteiger partial charge in [-0.1, -0.05) is 30.3 Å². The summed E-state index contributed by atoms with van der Waals surface area (Å²) < 4.78 is 0. The van der Waals surface area contributed by atoms with E-state index in [0.29, 0.717) is 5.88 Å². The number of nitrogens with one attached hydrogen (secondary N) is 1. The molecule has 1 heterocycles. The Morgan fingerprint density at radius 1 is 1.29 bits per heavy atom. The van der Waals surface area contributed by atoms with Gasteiger partial charge in [-0.05, 0) is 42.9 Å². The van der Waals surface area contributed by atoms with Crippen LogP contribution in [0.25, 0.3) is 0 Å². The van der Waals surface area contributed by atoms with Crippen LogP contribution in [0.1, 0.15) is 32.1 Å². The first-order chi connectivity index (χ1) is 10.3. The molecule has 3 rings (SSSR count). The molecule has 21 heavy (non-hydrogen) atoms. The number of hydrogen-bond donors (Lipinski definition) is 1. The van der Waals surface area contributed by atoms with Gasteiger partial charge in [0.25, 0.3) is 5.91 Å². The molecule has 2 nitrogen and oxygen atoms in total. The molecule has 0 aliphatic heterocycles. The van der Waals surface area contributed by atoms with Crippen LogP contribution in [0.2, 0.25) is 0 Å². The molecule has 110 valence electrons. The third kappa shape index (κ3) is 3.47. The smallest absolute Gasteiger partial charge is 0.261 e. The van der Waals surface area contributed by atoms with Gasteiger partial charge in [0, 0.05) is 16.8 Å². The van der Waals surface area contributed by atoms with Crippen LogP contribution in [0.4, 0.5) is 0 Å². The number of amides is 1. The van der Waals surface area contributed by atoms with Crippen LogP contribution in [0.15, 0.2) is 36.4 Å². The number of alkyl halides is 1. The maximum atomic E-state index is 12.4. The normalized spacial score (nSPS) is 14.7. The first kappa shape index (κ1) is 14.6. The number of benzene rings is 1. The van der Waals surface area contributed by atoms with E-state index in [9.17, 15) is 4.79 Å². The Bertz CT molecular complexity index is 601. The summed E-state index contributed by atoms with van der Waals surface area (Å²) in [6, 6.07) is 12.1. The quantitative estimate of drug-likeness (QED) is 0.834. The number of hydrogen-bond acceptors (Lipinski definition) is 2. The van der Waals surface area contributed by atoms with Crippen molar-refractivity contribution in [2.24, 2.45) is 0 Å². The summed E-state index contributed by atoms with van der Waals surface area (Å²) in [5.74, 6) is 0.433. The maximum absolute atomic E-state index is 12.4. The molecular weight excluding hydrogens is 302 g/mol. The lowest BCUT2D eigenvalue weighted by atomic mass is 10.1. The highest BCUT2D eigenvalue weighted by Gasteiger charge is 2.20. The zero-order valence-electron chi connectivity index (χ0n) is 11.8. The first-order valence-corrected chi connectivity index (χ1v) is 8.63. The highest BCUT2D eigenvalue weighted by Crippen LogP contribution is 2.30. The van der Waals surface area contributed by atoms with Gasteiger partial charge in [0.15, 0.2) is 0 Å². The number of rotatable bonds is 5. The predicted molar refractivity (Wildman–Crippen MR) is 88.5 cm³/mol. The Labute approximate surface area is 134 Å². The van der Waals surface area contributed by atoms with E-state index < -0.39 is 0 Å². The van der Waals surface area contributed by atoms with Crippen molar-refractivity contribution in [2.75, 3.05) is 5.88 Å². The minimum Gasteiger partial charge on any atom is -0.347 e. The summed E-state index contributed by atoms with van der Waals surface area (Å²) in [7, 11) is 0. The molecule has 0 bridgehead atoms. The summed E-state index contributed by atoms with van der Waals surface area (Å²) in [4.78, 5) is 14.6. The largest absolute Gasteiger partial charge is 0.347 e. The van der Waals surface area contributed by atoms with Gasteiger partial charge in [0.2, 0.25) is 0 Å². The van der Waals surface area contributed by atoms with Gasteiger partial charge in [-0.3, -0.25) is 4.79 Å². The van der Waals surface area contributed by atoms with Gasteiger partial charge in [0.1, 0.15) is 0 Å². The molecule has 1 unspecified atom stereocenters. The molecule has 1 amide bonds. The van der Waals surface area contributed by atoms with Gasteiger partial charge in [-0.15, -0.1) is 22.9 Å². The van der Waals surface area contributed by atoms with E-state index >= 15 is 0 Å². The fourth-order valence-electron chi connectivity index (χ4n) is 2.74. The summed E-state index contributed by atoms with van der Waals surface area (Å²) in [6.45, 7) is 0. The molecule has 0 saturated heterocycles. The van der Waals surface area contributed by atoms with E-state index in [1.54, 1.807) is 11.3 Å². The molecule has 2 aromatic rings. The highest BCUT2D eigenvalue weighted by atomic mass is 35.5. The Hall–Kier alpha value is -1.32. The van der Waals surface area contributed by atoms with E-state index in [4.69, 9.17) is 11.6 Å². The zero-order valence-corrected chi connectivity index (χ0v) is 13.3. The SMILES string of the molecule is O=C(NC(CCl)Cc1ccccc1)c1cc2c(s1)CCC2. The molecule has 1 atom stereocenters. The van der Waals surface area contributed by atoms with Gasteiger partial charge in [-0.2, -0.15) is 0 Å². The average Bonchev–Trinajstić information content (AvgIpc) is 3.08. The molecule has 1 aromatic heterocycles. The van der Waals surface area contributed by atoms with Crippen LogP contribution in [0, 0.1) is 0 Å². The fourth-order valence-corrected chi connectivity index (χ4v) is 4.08. The van der Waals surface area contributed by atoms with E-state index in [0.717, 1.165) is 24.1 Å². The van der Waals surface area contributed by atoms with Crippen LogP contribution >= 0.6 is 22.9 Å². The first-order valence-electron chi connectivity index (χ1n) is 7.28. The lowest BCUT2D eigenvalue weighted by Gasteiger charge is -2.15. The second kappa shape index (κ2) is 6.63. The van der Waals surface area contributed by atoms with Crippen molar-refractivity contribution in [3.8, 4) is 0 Å². The van der Waals surface area contributed by atoms with Gasteiger partial charge in [-0.25, -0.2) is 0 Å². The van der Waals surface area contributed by atoms with E-state index in [1.807, 2.05) is 18.2 Å². The van der Waals surface area contributed by atoms with Crippen LogP contribution < -0.4 is 5.32 Å². The molecular formula is C17H18ClNOS. The number of halogens is 1. The number of carbonyl (C=O) groups excluding carboxylic acids is 1. The lowest BCUT2D eigenvalue weighted by Crippen LogP contribution is -2.37. The Kier molecular flexibility index (Phi) is 4.61. The van der Waals surface area contributed by atoms with Gasteiger partial charge >= 0.3 is 0 Å². The summed E-state index contributed by atoms with van der Waals surface area (Å²) >= 11 is 7.65. The minimum atomic E-state index is -0.0292. The second-order valence-corrected chi connectivity index (χ2v) is 6.87. The predicted octanol–water partition coefficient (Wildman–Crippen LogP) is 3.82. The zero-order chi connectivity index (χ0) is 14.7. The molecule has 1 aromatic carbocycles. The van der Waals surface area contributed by atoms with Crippen molar-refractivity contribution in [2.45, 2.75) is 31.7 Å². The van der Waals surface area contributed by atoms with Gasteiger partial charge < -0.3 is 5.32 Å². The van der Waals surface area contributed by atoms with E-state index in [2.05, 4.69) is 23.5 Å². The lowest BCUT2D eigenvalue weighted by molar-refractivity contribution is 0.0944. The Balaban J connectivity index is 1.64. The van der Waals surface area contributed by atoms with Crippen molar-refractivity contribution in [1.29, 1.82) is 0 Å². The molecule has 1 N–H and O–H groups in total. The van der Waals surface area contributed by atoms with Crippen molar-refractivity contribution in [3.05, 3.63) is 57.3 Å². The standard InChI is InChI=1S/C17H18ClNOS/c18-11-14(9-12-5-2-1-3-6-12)19-17(20)16-10-13-7-4-8-15(13)21-16/h1-3,5-6,10,14H,4,7-9,11H2,(H,19,20). The third-order valence-electron chi connectivity index (χ3n) is 3.82. The Morgan fingerprint density at radius 3 is 2.81 bits per heavy atom. The molecule has 4 heteroatoms. The molecule has 0 radical (unpaired) electrons. The third-order valence-corrected chi connectivity index (χ3v) is 5.43. The van der Waals surface area contributed by atoms with Crippen LogP contribution in [0.5, 0.6) is 0 Å². The number of carbonyl (C=O) groups is 1. The van der Waals surface area contributed by atoms with Crippen molar-refractivity contribution in [1.82, 2.24) is 5.32 Å². The molecule has 1 aliphatic carbocycles. The Morgan fingerprint density at radius 2 is 2.10 bits per heavy atom. The highest BCUT2D eigenvalue weighted by molar-refractivity contribution is 7.14. The van der Waals surface area contributed by atoms with Crippen molar-refractivity contribution < 1.29 is 4.79 Å². The minimum absolute atomic E-state index is 0.0102. The van der Waals surface area contributed by atoms with Crippen LogP contribution in [-0.4, -0.2) is 17.8 Å². The maximum Gasteiger partial charge on any atom is 0.261 e. The number of fused-ring (bicyclic) bond motifs is 1. The topological polar surface area (TPSA) is 29.1 Å². The molecule has 1 aliphatic rings. The van der Waals surface area contributed by atoms with Crippen LogP contribution in [-0.2, 0) is 19.3 Å². The van der Waals surface area contributed by atoms with E-state index in [1.165, 1.54) is 22.4 Å². The summed E-state index contributed by atoms with van der Waals surface area (Å²) in [5, 5.41) is 3.06. The molecule has 0 fully saturated rings. The fraction of sp³-hybridized carbons (Fsp3) is 0.353. The van der Waals surface area contributed by atoms with Gasteiger partial charge in [0.05, 0.1) is 4.88 Å². The average molecular weight is 320 g/mol.